The molecule has 0 saturated heterocycles. The van der Waals surface area contributed by atoms with E-state index in [2.05, 4.69) is 16.0 Å². The smallest absolute Gasteiger partial charge is 0.318 e. The second-order valence-electron chi connectivity index (χ2n) is 5.50. The van der Waals surface area contributed by atoms with Crippen molar-refractivity contribution in [2.75, 3.05) is 25.5 Å². The first-order valence-electron chi connectivity index (χ1n) is 7.51. The highest BCUT2D eigenvalue weighted by molar-refractivity contribution is 5.99. The summed E-state index contributed by atoms with van der Waals surface area (Å²) in [6.45, 7) is 5.87. The minimum atomic E-state index is -0.680. The van der Waals surface area contributed by atoms with E-state index in [1.807, 2.05) is 13.8 Å². The number of ether oxygens (including phenoxy) is 1. The summed E-state index contributed by atoms with van der Waals surface area (Å²) in [5, 5.41) is 18.0. The SMILES string of the molecule is CNC(=O)Nc1ccc(OCC(O)CNC(C)C)c(C(C)=O)c1. The molecule has 7 heteroatoms. The van der Waals surface area contributed by atoms with Gasteiger partial charge < -0.3 is 25.8 Å². The molecule has 7 nitrogen and oxygen atoms in total. The Bertz CT molecular complexity index is 546. The van der Waals surface area contributed by atoms with Crippen LogP contribution in [0.25, 0.3) is 0 Å². The van der Waals surface area contributed by atoms with Crippen molar-refractivity contribution in [1.29, 1.82) is 0 Å². The molecule has 0 aliphatic heterocycles. The highest BCUT2D eigenvalue weighted by Gasteiger charge is 2.13. The number of amides is 2. The summed E-state index contributed by atoms with van der Waals surface area (Å²) in [6, 6.07) is 4.68. The number of aliphatic hydroxyl groups is 1. The normalized spacial score (nSPS) is 11.9. The number of hydrogen-bond donors (Lipinski definition) is 4. The Morgan fingerprint density at radius 3 is 2.57 bits per heavy atom. The number of nitrogens with one attached hydrogen (secondary N) is 3. The molecular weight excluding hydrogens is 298 g/mol. The zero-order valence-corrected chi connectivity index (χ0v) is 14.0. The van der Waals surface area contributed by atoms with E-state index in [-0.39, 0.29) is 24.5 Å². The summed E-state index contributed by atoms with van der Waals surface area (Å²) >= 11 is 0. The van der Waals surface area contributed by atoms with Crippen LogP contribution in [-0.4, -0.2) is 49.3 Å². The number of ketones is 1. The number of hydrogen-bond acceptors (Lipinski definition) is 5. The summed E-state index contributed by atoms with van der Waals surface area (Å²) in [5.74, 6) is 0.193. The van der Waals surface area contributed by atoms with Crippen LogP contribution in [0.15, 0.2) is 18.2 Å². The van der Waals surface area contributed by atoms with E-state index in [1.165, 1.54) is 14.0 Å². The molecule has 0 spiro atoms. The quantitative estimate of drug-likeness (QED) is 0.542. The van der Waals surface area contributed by atoms with Crippen molar-refractivity contribution in [3.63, 3.8) is 0 Å². The molecule has 1 rings (SSSR count). The van der Waals surface area contributed by atoms with Gasteiger partial charge in [0, 0.05) is 25.3 Å². The van der Waals surface area contributed by atoms with Gasteiger partial charge in [0.1, 0.15) is 18.5 Å². The monoisotopic (exact) mass is 323 g/mol. The van der Waals surface area contributed by atoms with Gasteiger partial charge in [0.15, 0.2) is 5.78 Å². The standard InChI is InChI=1S/C16H25N3O4/c1-10(2)18-8-13(21)9-23-15-6-5-12(19-16(22)17-4)7-14(15)11(3)20/h5-7,10,13,18,21H,8-9H2,1-4H3,(H2,17,19,22). The second kappa shape index (κ2) is 9.12. The van der Waals surface area contributed by atoms with Crippen LogP contribution >= 0.6 is 0 Å². The summed E-state index contributed by atoms with van der Waals surface area (Å²) in [6.07, 6.45) is -0.680. The Morgan fingerprint density at radius 1 is 1.30 bits per heavy atom. The fourth-order valence-corrected chi connectivity index (χ4v) is 1.82. The number of carbonyl (C=O) groups excluding carboxylic acids is 2. The van der Waals surface area contributed by atoms with Crippen LogP contribution in [0, 0.1) is 0 Å². The number of rotatable bonds is 8. The van der Waals surface area contributed by atoms with Crippen molar-refractivity contribution in [2.24, 2.45) is 0 Å². The summed E-state index contributed by atoms with van der Waals surface area (Å²) in [7, 11) is 1.51. The van der Waals surface area contributed by atoms with Gasteiger partial charge >= 0.3 is 6.03 Å². The average molecular weight is 323 g/mol. The van der Waals surface area contributed by atoms with E-state index < -0.39 is 6.10 Å². The van der Waals surface area contributed by atoms with E-state index in [0.29, 0.717) is 23.5 Å². The Labute approximate surface area is 136 Å². The molecule has 0 aromatic heterocycles. The molecule has 23 heavy (non-hydrogen) atoms. The van der Waals surface area contributed by atoms with Gasteiger partial charge in [-0.2, -0.15) is 0 Å². The highest BCUT2D eigenvalue weighted by Crippen LogP contribution is 2.23. The summed E-state index contributed by atoms with van der Waals surface area (Å²) in [4.78, 5) is 23.1. The average Bonchev–Trinajstić information content (AvgIpc) is 2.51. The summed E-state index contributed by atoms with van der Waals surface area (Å²) < 4.78 is 5.54. The molecule has 0 aliphatic rings. The summed E-state index contributed by atoms with van der Waals surface area (Å²) in [5.41, 5.74) is 0.840. The van der Waals surface area contributed by atoms with Gasteiger partial charge in [-0.25, -0.2) is 4.79 Å². The van der Waals surface area contributed by atoms with Gasteiger partial charge in [0.2, 0.25) is 0 Å². The third kappa shape index (κ3) is 6.66. The fourth-order valence-electron chi connectivity index (χ4n) is 1.82. The predicted molar refractivity (Wildman–Crippen MR) is 89.2 cm³/mol. The lowest BCUT2D eigenvalue weighted by Crippen LogP contribution is -2.35. The van der Waals surface area contributed by atoms with E-state index in [0.717, 1.165) is 0 Å². The Balaban J connectivity index is 2.74. The fraction of sp³-hybridized carbons (Fsp3) is 0.500. The van der Waals surface area contributed by atoms with Crippen molar-refractivity contribution in [1.82, 2.24) is 10.6 Å². The molecule has 1 aromatic rings. The first-order chi connectivity index (χ1) is 10.8. The number of urea groups is 1. The lowest BCUT2D eigenvalue weighted by atomic mass is 10.1. The molecule has 0 bridgehead atoms. The Morgan fingerprint density at radius 2 is 2.00 bits per heavy atom. The number of Topliss-reactive ketones (excluding diaryl/α,β-unsaturated/α-hetero) is 1. The molecule has 2 amide bonds. The number of aliphatic hydroxyl groups excluding tert-OH is 1. The van der Waals surface area contributed by atoms with E-state index in [4.69, 9.17) is 4.74 Å². The van der Waals surface area contributed by atoms with E-state index in [1.54, 1.807) is 18.2 Å². The second-order valence-corrected chi connectivity index (χ2v) is 5.50. The van der Waals surface area contributed by atoms with Gasteiger partial charge in [0.05, 0.1) is 5.56 Å². The molecule has 0 radical (unpaired) electrons. The maximum atomic E-state index is 11.8. The Hall–Kier alpha value is -2.12. The molecule has 0 aliphatic carbocycles. The van der Waals surface area contributed by atoms with Crippen LogP contribution < -0.4 is 20.7 Å². The van der Waals surface area contributed by atoms with Gasteiger partial charge in [0.25, 0.3) is 0 Å². The zero-order valence-electron chi connectivity index (χ0n) is 14.0. The molecule has 0 fully saturated rings. The first-order valence-corrected chi connectivity index (χ1v) is 7.51. The van der Waals surface area contributed by atoms with Crippen LogP contribution in [0.3, 0.4) is 0 Å². The largest absolute Gasteiger partial charge is 0.490 e. The van der Waals surface area contributed by atoms with Gasteiger partial charge in [-0.3, -0.25) is 4.79 Å². The van der Waals surface area contributed by atoms with Gasteiger partial charge in [-0.15, -0.1) is 0 Å². The third-order valence-electron chi connectivity index (χ3n) is 3.04. The van der Waals surface area contributed by atoms with Crippen LogP contribution in [-0.2, 0) is 0 Å². The molecule has 1 unspecified atom stereocenters. The molecule has 128 valence electrons. The molecule has 0 saturated carbocycles. The van der Waals surface area contributed by atoms with E-state index in [9.17, 15) is 14.7 Å². The van der Waals surface area contributed by atoms with Crippen molar-refractivity contribution >= 4 is 17.5 Å². The maximum Gasteiger partial charge on any atom is 0.318 e. The number of anilines is 1. The molecule has 1 aromatic carbocycles. The van der Waals surface area contributed by atoms with Gasteiger partial charge in [-0.05, 0) is 25.1 Å². The molecule has 0 heterocycles. The maximum absolute atomic E-state index is 11.8. The Kier molecular flexibility index (Phi) is 7.50. The van der Waals surface area contributed by atoms with Crippen LogP contribution in [0.2, 0.25) is 0 Å². The molecule has 4 N–H and O–H groups in total. The van der Waals surface area contributed by atoms with Gasteiger partial charge in [-0.1, -0.05) is 13.8 Å². The number of carbonyl (C=O) groups is 2. The van der Waals surface area contributed by atoms with Crippen LogP contribution in [0.4, 0.5) is 10.5 Å². The van der Waals surface area contributed by atoms with E-state index >= 15 is 0 Å². The van der Waals surface area contributed by atoms with Crippen molar-refractivity contribution < 1.29 is 19.4 Å². The zero-order chi connectivity index (χ0) is 17.4. The van der Waals surface area contributed by atoms with Crippen LogP contribution in [0.1, 0.15) is 31.1 Å². The predicted octanol–water partition coefficient (Wildman–Crippen LogP) is 1.38. The minimum Gasteiger partial charge on any atom is -0.490 e. The van der Waals surface area contributed by atoms with Crippen molar-refractivity contribution in [3.05, 3.63) is 23.8 Å². The lowest BCUT2D eigenvalue weighted by molar-refractivity contribution is 0.0968. The first kappa shape index (κ1) is 18.9. The van der Waals surface area contributed by atoms with Crippen molar-refractivity contribution in [2.45, 2.75) is 32.9 Å². The number of benzene rings is 1. The van der Waals surface area contributed by atoms with Crippen molar-refractivity contribution in [3.8, 4) is 5.75 Å². The lowest BCUT2D eigenvalue weighted by Gasteiger charge is -2.16. The highest BCUT2D eigenvalue weighted by atomic mass is 16.5. The molecule has 1 atom stereocenters. The topological polar surface area (TPSA) is 99.7 Å². The van der Waals surface area contributed by atoms with Crippen LogP contribution in [0.5, 0.6) is 5.75 Å². The molecular formula is C16H25N3O4. The third-order valence-corrected chi connectivity index (χ3v) is 3.04. The minimum absolute atomic E-state index is 0.0716.